The summed E-state index contributed by atoms with van der Waals surface area (Å²) < 4.78 is 2.49. The molecule has 0 saturated carbocycles. The topological polar surface area (TPSA) is 25.8 Å². The van der Waals surface area contributed by atoms with Crippen LogP contribution in [-0.2, 0) is 20.1 Å². The second-order valence-corrected chi connectivity index (χ2v) is 18.5. The fraction of sp³-hybridized carbons (Fsp3) is 0.150. The number of aromatic nitrogens is 2. The van der Waals surface area contributed by atoms with Gasteiger partial charge in [0, 0.05) is 37.2 Å². The van der Waals surface area contributed by atoms with E-state index in [4.69, 9.17) is 0 Å². The Morgan fingerprint density at radius 3 is 2.22 bits per heavy atom. The van der Waals surface area contributed by atoms with Crippen LogP contribution in [-0.4, -0.2) is 18.0 Å². The average Bonchev–Trinajstić information content (AvgIpc) is 3.44. The van der Waals surface area contributed by atoms with E-state index >= 15 is 0 Å². The normalized spacial score (nSPS) is 11.2. The SMILES string of the molecule is CC(C)c1ccnc(-c2[c-]c3sc4cccc(-c5ccccc5)c4c3cc2)c1.C[Si](C)(C)c1ccc(-c2[c-]cccc2)nc1.[Ir]. The van der Waals surface area contributed by atoms with Gasteiger partial charge < -0.3 is 9.97 Å². The molecule has 7 rings (SSSR count). The van der Waals surface area contributed by atoms with Gasteiger partial charge in [0.25, 0.3) is 0 Å². The minimum absolute atomic E-state index is 0. The van der Waals surface area contributed by atoms with E-state index < -0.39 is 8.07 Å². The van der Waals surface area contributed by atoms with Crippen LogP contribution in [0.5, 0.6) is 0 Å². The molecule has 7 aromatic rings. The third-order valence-corrected chi connectivity index (χ3v) is 11.0. The molecule has 227 valence electrons. The van der Waals surface area contributed by atoms with Gasteiger partial charge in [0.15, 0.2) is 0 Å². The van der Waals surface area contributed by atoms with Crippen molar-refractivity contribution in [1.29, 1.82) is 0 Å². The molecule has 4 aromatic carbocycles. The van der Waals surface area contributed by atoms with Gasteiger partial charge in [0.05, 0.1) is 8.07 Å². The molecular formula is C40H36IrN2SSi-2. The molecule has 0 aliphatic heterocycles. The Bertz CT molecular complexity index is 2010. The first kappa shape index (κ1) is 32.7. The molecule has 0 spiro atoms. The van der Waals surface area contributed by atoms with Crippen molar-refractivity contribution in [2.45, 2.75) is 39.4 Å². The van der Waals surface area contributed by atoms with Crippen LogP contribution in [0.2, 0.25) is 19.6 Å². The first-order valence-corrected chi connectivity index (χ1v) is 19.4. The summed E-state index contributed by atoms with van der Waals surface area (Å²) in [6, 6.07) is 44.9. The minimum atomic E-state index is -1.23. The maximum absolute atomic E-state index is 4.59. The molecule has 0 fully saturated rings. The fourth-order valence-corrected chi connectivity index (χ4v) is 7.43. The van der Waals surface area contributed by atoms with Gasteiger partial charge in [-0.1, -0.05) is 105 Å². The van der Waals surface area contributed by atoms with Crippen molar-refractivity contribution in [1.82, 2.24) is 9.97 Å². The quantitative estimate of drug-likeness (QED) is 0.128. The zero-order chi connectivity index (χ0) is 30.7. The van der Waals surface area contributed by atoms with Gasteiger partial charge >= 0.3 is 0 Å². The third-order valence-electron chi connectivity index (χ3n) is 7.84. The van der Waals surface area contributed by atoms with E-state index in [0.717, 1.165) is 22.5 Å². The van der Waals surface area contributed by atoms with Crippen molar-refractivity contribution in [3.63, 3.8) is 0 Å². The Morgan fingerprint density at radius 2 is 1.53 bits per heavy atom. The molecule has 0 unspecified atom stereocenters. The molecular weight excluding hydrogens is 761 g/mol. The van der Waals surface area contributed by atoms with Crippen LogP contribution in [0, 0.1) is 12.1 Å². The number of fused-ring (bicyclic) bond motifs is 3. The molecule has 45 heavy (non-hydrogen) atoms. The number of benzene rings is 4. The van der Waals surface area contributed by atoms with Crippen LogP contribution in [0.15, 0.2) is 122 Å². The molecule has 0 aliphatic rings. The number of hydrogen-bond acceptors (Lipinski definition) is 3. The van der Waals surface area contributed by atoms with E-state index in [9.17, 15) is 0 Å². The first-order valence-electron chi connectivity index (χ1n) is 15.1. The Morgan fingerprint density at radius 1 is 0.733 bits per heavy atom. The first-order chi connectivity index (χ1) is 21.3. The zero-order valence-corrected chi connectivity index (χ0v) is 30.5. The van der Waals surface area contributed by atoms with E-state index in [2.05, 4.69) is 141 Å². The summed E-state index contributed by atoms with van der Waals surface area (Å²) in [5, 5.41) is 3.98. The molecule has 0 N–H and O–H groups in total. The fourth-order valence-electron chi connectivity index (χ4n) is 5.27. The Kier molecular flexibility index (Phi) is 10.3. The molecule has 0 atom stereocenters. The van der Waals surface area contributed by atoms with Crippen molar-refractivity contribution < 1.29 is 20.1 Å². The summed E-state index contributed by atoms with van der Waals surface area (Å²) in [6.07, 6.45) is 3.92. The van der Waals surface area contributed by atoms with Gasteiger partial charge in [-0.05, 0) is 55.8 Å². The van der Waals surface area contributed by atoms with Crippen LogP contribution in [0.1, 0.15) is 25.3 Å². The van der Waals surface area contributed by atoms with Gasteiger partial charge in [0.1, 0.15) is 0 Å². The summed E-state index contributed by atoms with van der Waals surface area (Å²) >= 11 is 1.81. The van der Waals surface area contributed by atoms with Crippen molar-refractivity contribution in [2.24, 2.45) is 0 Å². The summed E-state index contributed by atoms with van der Waals surface area (Å²) in [7, 11) is -1.23. The van der Waals surface area contributed by atoms with Crippen LogP contribution < -0.4 is 5.19 Å². The van der Waals surface area contributed by atoms with Gasteiger partial charge in [-0.25, -0.2) is 0 Å². The van der Waals surface area contributed by atoms with Crippen molar-refractivity contribution in [3.05, 3.63) is 139 Å². The molecule has 0 saturated heterocycles. The van der Waals surface area contributed by atoms with Gasteiger partial charge in [0.2, 0.25) is 0 Å². The number of pyridine rings is 2. The second kappa shape index (κ2) is 14.1. The predicted molar refractivity (Wildman–Crippen MR) is 192 cm³/mol. The van der Waals surface area contributed by atoms with Gasteiger partial charge in [-0.2, -0.15) is 11.3 Å². The predicted octanol–water partition coefficient (Wildman–Crippen LogP) is 10.8. The molecule has 1 radical (unpaired) electrons. The Balaban J connectivity index is 0.000000202. The van der Waals surface area contributed by atoms with E-state index in [-0.39, 0.29) is 20.1 Å². The molecule has 0 amide bonds. The third kappa shape index (κ3) is 7.40. The van der Waals surface area contributed by atoms with Crippen LogP contribution in [0.3, 0.4) is 0 Å². The largest absolute Gasteiger partial charge is 0.305 e. The zero-order valence-electron chi connectivity index (χ0n) is 26.3. The average molecular weight is 797 g/mol. The van der Waals surface area contributed by atoms with Gasteiger partial charge in [-0.15, -0.1) is 59.7 Å². The Hall–Kier alpha value is -3.73. The number of rotatable bonds is 5. The summed E-state index contributed by atoms with van der Waals surface area (Å²) in [5.41, 5.74) is 7.96. The van der Waals surface area contributed by atoms with E-state index in [1.165, 1.54) is 42.0 Å². The minimum Gasteiger partial charge on any atom is -0.305 e. The van der Waals surface area contributed by atoms with Crippen molar-refractivity contribution >= 4 is 44.8 Å². The van der Waals surface area contributed by atoms with Gasteiger partial charge in [-0.3, -0.25) is 0 Å². The second-order valence-electron chi connectivity index (χ2n) is 12.3. The molecule has 0 bridgehead atoms. The molecule has 3 heterocycles. The maximum atomic E-state index is 4.59. The monoisotopic (exact) mass is 797 g/mol. The number of thiophene rings is 1. The number of hydrogen-bond donors (Lipinski definition) is 0. The van der Waals surface area contributed by atoms with Crippen LogP contribution in [0.4, 0.5) is 0 Å². The molecule has 3 aromatic heterocycles. The maximum Gasteiger partial charge on any atom is 0.0795 e. The molecule has 5 heteroatoms. The summed E-state index contributed by atoms with van der Waals surface area (Å²) in [4.78, 5) is 9.11. The van der Waals surface area contributed by atoms with Crippen LogP contribution >= 0.6 is 11.3 Å². The van der Waals surface area contributed by atoms with E-state index in [1.807, 2.05) is 36.7 Å². The van der Waals surface area contributed by atoms with E-state index in [1.54, 1.807) is 11.3 Å². The molecule has 2 nitrogen and oxygen atoms in total. The summed E-state index contributed by atoms with van der Waals surface area (Å²) in [5.74, 6) is 0.489. The van der Waals surface area contributed by atoms with Crippen molar-refractivity contribution in [3.8, 4) is 33.6 Å². The van der Waals surface area contributed by atoms with Crippen LogP contribution in [0.25, 0.3) is 53.8 Å². The van der Waals surface area contributed by atoms with Crippen molar-refractivity contribution in [2.75, 3.05) is 0 Å². The molecule has 0 aliphatic carbocycles. The van der Waals surface area contributed by atoms with E-state index in [0.29, 0.717) is 5.92 Å². The smallest absolute Gasteiger partial charge is 0.0795 e. The number of nitrogens with zero attached hydrogens (tertiary/aromatic N) is 2. The summed E-state index contributed by atoms with van der Waals surface area (Å²) in [6.45, 7) is 11.4. The standard InChI is InChI=1S/C26H20NS.C14H16NSi.Ir/c1-17(2)19-13-14-27-23(15-19)20-11-12-22-25(16-20)28-24-10-6-9-21(26(22)24)18-7-4-3-5-8-18;1-16(2,3)13-9-10-14(15-11-13)12-7-5-4-6-8-12;/h3-15,17H,1-2H3;4-7,9-11H,1-3H3;/q2*-1;. The Labute approximate surface area is 285 Å².